The average Bonchev–Trinajstić information content (AvgIpc) is 2.37. The van der Waals surface area contributed by atoms with E-state index in [2.05, 4.69) is 0 Å². The van der Waals surface area contributed by atoms with Crippen molar-refractivity contribution in [2.75, 3.05) is 0 Å². The van der Waals surface area contributed by atoms with Crippen LogP contribution in [0.5, 0.6) is 0 Å². The molecule has 2 aromatic carbocycles. The molecule has 0 fully saturated rings. The molecule has 0 saturated carbocycles. The van der Waals surface area contributed by atoms with E-state index in [9.17, 15) is 9.59 Å². The Balaban J connectivity index is 2.53. The summed E-state index contributed by atoms with van der Waals surface area (Å²) >= 11 is 0. The molecular weight excluding hydrogens is 256 g/mol. The molecule has 0 atom stereocenters. The van der Waals surface area contributed by atoms with Crippen molar-refractivity contribution in [1.29, 1.82) is 0 Å². The first kappa shape index (κ1) is 11.2. The lowest BCUT2D eigenvalue weighted by molar-refractivity contribution is 0.559. The van der Waals surface area contributed by atoms with Crippen molar-refractivity contribution in [2.45, 2.75) is 13.8 Å². The zero-order chi connectivity index (χ0) is 14.0. The molecule has 4 rings (SSSR count). The van der Waals surface area contributed by atoms with Gasteiger partial charge >= 0.3 is 11.3 Å². The Morgan fingerprint density at radius 1 is 0.700 bits per heavy atom. The first-order valence-electron chi connectivity index (χ1n) is 6.28. The Morgan fingerprint density at radius 3 is 1.50 bits per heavy atom. The molecule has 4 heteroatoms. The second-order valence-corrected chi connectivity index (χ2v) is 5.15. The van der Waals surface area contributed by atoms with Gasteiger partial charge in [-0.25, -0.2) is 9.59 Å². The Bertz CT molecular complexity index is 1010. The summed E-state index contributed by atoms with van der Waals surface area (Å²) in [6, 6.07) is 7.05. The standard InChI is InChI=1S/C16H10O4/c1-7-3-9-13-11(5-7)19-16(18)10-4-8(2)6-12(14(10)13)20-15(9)17/h3-6H,1-2H3. The topological polar surface area (TPSA) is 60.4 Å². The lowest BCUT2D eigenvalue weighted by Crippen LogP contribution is -2.07. The van der Waals surface area contributed by atoms with Gasteiger partial charge in [-0.3, -0.25) is 0 Å². The van der Waals surface area contributed by atoms with E-state index in [0.717, 1.165) is 11.1 Å². The maximum Gasteiger partial charge on any atom is 0.344 e. The van der Waals surface area contributed by atoms with Gasteiger partial charge in [0.25, 0.3) is 0 Å². The van der Waals surface area contributed by atoms with Crippen LogP contribution < -0.4 is 11.3 Å². The van der Waals surface area contributed by atoms with E-state index >= 15 is 0 Å². The molecule has 0 aliphatic rings. The first-order valence-corrected chi connectivity index (χ1v) is 6.28. The maximum absolute atomic E-state index is 12.1. The molecular formula is C16H10O4. The third-order valence-electron chi connectivity index (χ3n) is 3.59. The smallest absolute Gasteiger partial charge is 0.344 e. The monoisotopic (exact) mass is 266 g/mol. The van der Waals surface area contributed by atoms with E-state index < -0.39 is 11.3 Å². The van der Waals surface area contributed by atoms with Gasteiger partial charge in [0.05, 0.1) is 10.8 Å². The zero-order valence-corrected chi connectivity index (χ0v) is 10.9. The van der Waals surface area contributed by atoms with Crippen molar-refractivity contribution >= 4 is 32.7 Å². The fraction of sp³-hybridized carbons (Fsp3) is 0.125. The number of rotatable bonds is 0. The highest BCUT2D eigenvalue weighted by atomic mass is 16.4. The highest BCUT2D eigenvalue weighted by molar-refractivity contribution is 6.19. The van der Waals surface area contributed by atoms with E-state index in [-0.39, 0.29) is 0 Å². The van der Waals surface area contributed by atoms with Gasteiger partial charge in [-0.15, -0.1) is 0 Å². The van der Waals surface area contributed by atoms with E-state index in [1.165, 1.54) is 0 Å². The SMILES string of the molecule is Cc1cc2oc(=O)c3cc(C)cc4oc(=O)c(c1)c2c43. The molecule has 0 spiro atoms. The molecule has 0 aliphatic heterocycles. The first-order chi connectivity index (χ1) is 9.54. The molecule has 0 aliphatic carbocycles. The van der Waals surface area contributed by atoms with E-state index in [1.54, 1.807) is 24.3 Å². The Labute approximate surface area is 112 Å². The van der Waals surface area contributed by atoms with Gasteiger partial charge in [-0.1, -0.05) is 0 Å². The largest absolute Gasteiger partial charge is 0.422 e. The van der Waals surface area contributed by atoms with E-state index in [0.29, 0.717) is 32.7 Å². The van der Waals surface area contributed by atoms with E-state index in [1.807, 2.05) is 13.8 Å². The molecule has 0 radical (unpaired) electrons. The summed E-state index contributed by atoms with van der Waals surface area (Å²) in [6.07, 6.45) is 0. The molecule has 4 nitrogen and oxygen atoms in total. The Kier molecular flexibility index (Phi) is 1.95. The molecule has 0 bridgehead atoms. The molecule has 20 heavy (non-hydrogen) atoms. The fourth-order valence-corrected chi connectivity index (χ4v) is 2.81. The molecule has 2 heterocycles. The molecule has 0 N–H and O–H groups in total. The van der Waals surface area contributed by atoms with Crippen LogP contribution in [-0.4, -0.2) is 0 Å². The molecule has 4 aromatic rings. The van der Waals surface area contributed by atoms with Crippen LogP contribution in [0.4, 0.5) is 0 Å². The van der Waals surface area contributed by atoms with Gasteiger partial charge < -0.3 is 8.83 Å². The molecule has 2 aromatic heterocycles. The minimum atomic E-state index is -0.410. The summed E-state index contributed by atoms with van der Waals surface area (Å²) in [7, 11) is 0. The van der Waals surface area contributed by atoms with Gasteiger partial charge in [0.15, 0.2) is 0 Å². The van der Waals surface area contributed by atoms with Gasteiger partial charge in [0.1, 0.15) is 11.2 Å². The molecule has 0 amide bonds. The summed E-state index contributed by atoms with van der Waals surface area (Å²) in [5, 5.41) is 2.23. The highest BCUT2D eigenvalue weighted by Crippen LogP contribution is 2.32. The van der Waals surface area contributed by atoms with E-state index in [4.69, 9.17) is 8.83 Å². The quantitative estimate of drug-likeness (QED) is 0.362. The predicted octanol–water partition coefficient (Wildman–Crippen LogP) is 3.11. The highest BCUT2D eigenvalue weighted by Gasteiger charge is 2.17. The van der Waals surface area contributed by atoms with Crippen LogP contribution in [0.25, 0.3) is 32.7 Å². The van der Waals surface area contributed by atoms with Crippen LogP contribution in [0.15, 0.2) is 42.7 Å². The van der Waals surface area contributed by atoms with Crippen LogP contribution in [0, 0.1) is 13.8 Å². The Hall–Kier alpha value is -2.62. The van der Waals surface area contributed by atoms with Crippen LogP contribution in [0.3, 0.4) is 0 Å². The van der Waals surface area contributed by atoms with Gasteiger partial charge in [-0.05, 0) is 49.2 Å². The van der Waals surface area contributed by atoms with Crippen molar-refractivity contribution in [1.82, 2.24) is 0 Å². The minimum absolute atomic E-state index is 0.410. The van der Waals surface area contributed by atoms with Crippen LogP contribution in [-0.2, 0) is 0 Å². The minimum Gasteiger partial charge on any atom is -0.422 e. The van der Waals surface area contributed by atoms with Gasteiger partial charge in [-0.2, -0.15) is 0 Å². The van der Waals surface area contributed by atoms with Crippen molar-refractivity contribution in [3.63, 3.8) is 0 Å². The second kappa shape index (κ2) is 3.48. The summed E-state index contributed by atoms with van der Waals surface area (Å²) in [5.41, 5.74) is 1.74. The summed E-state index contributed by atoms with van der Waals surface area (Å²) < 4.78 is 10.7. The van der Waals surface area contributed by atoms with Crippen molar-refractivity contribution in [3.05, 3.63) is 56.2 Å². The number of hydrogen-bond acceptors (Lipinski definition) is 4. The summed E-state index contributed by atoms with van der Waals surface area (Å²) in [4.78, 5) is 24.2. The predicted molar refractivity (Wildman–Crippen MR) is 76.7 cm³/mol. The average molecular weight is 266 g/mol. The third kappa shape index (κ3) is 1.30. The van der Waals surface area contributed by atoms with Crippen molar-refractivity contribution < 1.29 is 8.83 Å². The normalized spacial score (nSPS) is 11.9. The summed E-state index contributed by atoms with van der Waals surface area (Å²) in [5.74, 6) is 0. The van der Waals surface area contributed by atoms with Crippen LogP contribution >= 0.6 is 0 Å². The van der Waals surface area contributed by atoms with Gasteiger partial charge in [0, 0.05) is 10.8 Å². The lowest BCUT2D eigenvalue weighted by Gasteiger charge is -2.09. The maximum atomic E-state index is 12.1. The third-order valence-corrected chi connectivity index (χ3v) is 3.59. The molecule has 0 unspecified atom stereocenters. The van der Waals surface area contributed by atoms with Crippen molar-refractivity contribution in [2.24, 2.45) is 0 Å². The summed E-state index contributed by atoms with van der Waals surface area (Å²) in [6.45, 7) is 3.69. The fourth-order valence-electron chi connectivity index (χ4n) is 2.81. The van der Waals surface area contributed by atoms with Crippen LogP contribution in [0.2, 0.25) is 0 Å². The Morgan fingerprint density at radius 2 is 1.10 bits per heavy atom. The van der Waals surface area contributed by atoms with Gasteiger partial charge in [0.2, 0.25) is 0 Å². The second-order valence-electron chi connectivity index (χ2n) is 5.15. The lowest BCUT2D eigenvalue weighted by atomic mass is 10.0. The van der Waals surface area contributed by atoms with Crippen LogP contribution in [0.1, 0.15) is 11.1 Å². The number of benzene rings is 2. The molecule has 0 saturated heterocycles. The molecule has 98 valence electrons. The number of hydrogen-bond donors (Lipinski definition) is 0. The van der Waals surface area contributed by atoms with Crippen molar-refractivity contribution in [3.8, 4) is 0 Å². The number of aryl methyl sites for hydroxylation is 2. The zero-order valence-electron chi connectivity index (χ0n) is 10.9.